The average Bonchev–Trinajstić information content (AvgIpc) is 3.34. The third-order valence-corrected chi connectivity index (χ3v) is 7.16. The number of nitrogens with zero attached hydrogens (tertiary/aromatic N) is 1. The quantitative estimate of drug-likeness (QED) is 0.932. The number of nitrogens with two attached hydrogens (primary N) is 1. The molecule has 4 atom stereocenters. The zero-order valence-corrected chi connectivity index (χ0v) is 14.5. The minimum atomic E-state index is -0.314. The van der Waals surface area contributed by atoms with Gasteiger partial charge in [-0.1, -0.05) is 19.9 Å². The Morgan fingerprint density at radius 2 is 2.13 bits per heavy atom. The van der Waals surface area contributed by atoms with E-state index in [0.29, 0.717) is 17.5 Å². The van der Waals surface area contributed by atoms with Gasteiger partial charge in [0, 0.05) is 17.6 Å². The molecule has 3 nitrogen and oxygen atoms in total. The van der Waals surface area contributed by atoms with Gasteiger partial charge in [-0.25, -0.2) is 0 Å². The van der Waals surface area contributed by atoms with Crippen LogP contribution in [-0.2, 0) is 11.8 Å². The lowest BCUT2D eigenvalue weighted by Crippen LogP contribution is -2.60. The van der Waals surface area contributed by atoms with Crippen molar-refractivity contribution in [1.29, 1.82) is 0 Å². The monoisotopic (exact) mass is 312 g/mol. The summed E-state index contributed by atoms with van der Waals surface area (Å²) in [5.41, 5.74) is 9.13. The fourth-order valence-electron chi connectivity index (χ4n) is 5.16. The third-order valence-electron chi connectivity index (χ3n) is 7.16. The van der Waals surface area contributed by atoms with Crippen molar-refractivity contribution in [2.45, 2.75) is 64.0 Å². The van der Waals surface area contributed by atoms with Crippen molar-refractivity contribution in [2.24, 2.45) is 17.6 Å². The average molecular weight is 312 g/mol. The molecule has 1 saturated heterocycles. The van der Waals surface area contributed by atoms with E-state index in [1.165, 1.54) is 36.9 Å². The van der Waals surface area contributed by atoms with Gasteiger partial charge in [0.15, 0.2) is 0 Å². The van der Waals surface area contributed by atoms with Crippen molar-refractivity contribution in [3.05, 3.63) is 34.9 Å². The van der Waals surface area contributed by atoms with Gasteiger partial charge in [0.2, 0.25) is 5.91 Å². The Bertz CT molecular complexity index is 651. The lowest BCUT2D eigenvalue weighted by Gasteiger charge is -2.56. The SMILES string of the molecule is C[C@H](C1CC1)N1CC[C@]2(C)c3cc(C(N)=O)ccc3C[C@@H]1[C@@H]2C. The molecule has 2 N–H and O–H groups in total. The molecule has 1 heterocycles. The van der Waals surface area contributed by atoms with Crippen molar-refractivity contribution in [3.63, 3.8) is 0 Å². The first-order valence-electron chi connectivity index (χ1n) is 9.11. The Hall–Kier alpha value is -1.35. The van der Waals surface area contributed by atoms with Crippen LogP contribution in [0.5, 0.6) is 0 Å². The van der Waals surface area contributed by atoms with Crippen LogP contribution in [0.2, 0.25) is 0 Å². The number of amides is 1. The van der Waals surface area contributed by atoms with Gasteiger partial charge in [-0.15, -0.1) is 0 Å². The molecule has 2 bridgehead atoms. The van der Waals surface area contributed by atoms with Crippen LogP contribution >= 0.6 is 0 Å². The zero-order valence-electron chi connectivity index (χ0n) is 14.5. The van der Waals surface area contributed by atoms with Crippen LogP contribution in [0.4, 0.5) is 0 Å². The van der Waals surface area contributed by atoms with E-state index in [1.807, 2.05) is 6.07 Å². The van der Waals surface area contributed by atoms with Crippen LogP contribution in [0.25, 0.3) is 0 Å². The summed E-state index contributed by atoms with van der Waals surface area (Å²) in [5, 5.41) is 0. The molecule has 23 heavy (non-hydrogen) atoms. The summed E-state index contributed by atoms with van der Waals surface area (Å²) >= 11 is 0. The number of hydrogen-bond donors (Lipinski definition) is 1. The maximum Gasteiger partial charge on any atom is 0.248 e. The van der Waals surface area contributed by atoms with Crippen LogP contribution in [0, 0.1) is 11.8 Å². The van der Waals surface area contributed by atoms with Crippen molar-refractivity contribution >= 4 is 5.91 Å². The number of hydrogen-bond acceptors (Lipinski definition) is 2. The van der Waals surface area contributed by atoms with Crippen LogP contribution in [0.3, 0.4) is 0 Å². The molecule has 1 aromatic carbocycles. The van der Waals surface area contributed by atoms with Crippen molar-refractivity contribution in [3.8, 4) is 0 Å². The standard InChI is InChI=1S/C20H28N2O/c1-12-18-11-15-6-7-16(19(21)23)10-17(15)20(12,3)8-9-22(18)13(2)14-4-5-14/h6-7,10,12-14,18H,4-5,8-9,11H2,1-3H3,(H2,21,23)/t12-,13+,18+,20-/m0/s1. The van der Waals surface area contributed by atoms with Crippen LogP contribution in [0.1, 0.15) is 61.5 Å². The smallest absolute Gasteiger partial charge is 0.248 e. The molecule has 2 fully saturated rings. The third kappa shape index (κ3) is 2.24. The first-order chi connectivity index (χ1) is 10.9. The van der Waals surface area contributed by atoms with Gasteiger partial charge in [0.25, 0.3) is 0 Å². The molecule has 3 aliphatic rings. The molecular formula is C20H28N2O. The lowest BCUT2D eigenvalue weighted by atomic mass is 9.58. The topological polar surface area (TPSA) is 46.3 Å². The molecule has 1 aliphatic heterocycles. The van der Waals surface area contributed by atoms with E-state index in [-0.39, 0.29) is 11.3 Å². The van der Waals surface area contributed by atoms with E-state index in [0.717, 1.165) is 18.4 Å². The van der Waals surface area contributed by atoms with Crippen LogP contribution in [-0.4, -0.2) is 29.4 Å². The number of fused-ring (bicyclic) bond motifs is 4. The first kappa shape index (κ1) is 15.2. The maximum absolute atomic E-state index is 11.6. The summed E-state index contributed by atoms with van der Waals surface area (Å²) in [7, 11) is 0. The van der Waals surface area contributed by atoms with E-state index in [4.69, 9.17) is 5.73 Å². The minimum Gasteiger partial charge on any atom is -0.366 e. The van der Waals surface area contributed by atoms with Gasteiger partial charge < -0.3 is 5.73 Å². The number of rotatable bonds is 3. The summed E-state index contributed by atoms with van der Waals surface area (Å²) in [6, 6.07) is 7.49. The summed E-state index contributed by atoms with van der Waals surface area (Å²) in [4.78, 5) is 14.4. The second-order valence-electron chi connectivity index (χ2n) is 8.28. The van der Waals surface area contributed by atoms with Gasteiger partial charge in [0.1, 0.15) is 0 Å². The predicted molar refractivity (Wildman–Crippen MR) is 92.5 cm³/mol. The fourth-order valence-corrected chi connectivity index (χ4v) is 5.16. The first-order valence-corrected chi connectivity index (χ1v) is 9.11. The van der Waals surface area contributed by atoms with Gasteiger partial charge in [-0.2, -0.15) is 0 Å². The molecule has 1 amide bonds. The van der Waals surface area contributed by atoms with E-state index in [1.54, 1.807) is 0 Å². The second kappa shape index (κ2) is 5.07. The molecular weight excluding hydrogens is 284 g/mol. The van der Waals surface area contributed by atoms with Gasteiger partial charge in [-0.3, -0.25) is 9.69 Å². The van der Waals surface area contributed by atoms with E-state index < -0.39 is 0 Å². The molecule has 0 spiro atoms. The molecule has 0 aromatic heterocycles. The van der Waals surface area contributed by atoms with Gasteiger partial charge in [-0.05, 0) is 79.7 Å². The highest BCUT2D eigenvalue weighted by molar-refractivity contribution is 5.93. The largest absolute Gasteiger partial charge is 0.366 e. The van der Waals surface area contributed by atoms with E-state index >= 15 is 0 Å². The Morgan fingerprint density at radius 1 is 1.39 bits per heavy atom. The van der Waals surface area contributed by atoms with Gasteiger partial charge >= 0.3 is 0 Å². The van der Waals surface area contributed by atoms with Gasteiger partial charge in [0.05, 0.1) is 0 Å². The lowest BCUT2D eigenvalue weighted by molar-refractivity contribution is 0.000499. The highest BCUT2D eigenvalue weighted by Gasteiger charge is 2.50. The minimum absolute atomic E-state index is 0.170. The Balaban J connectivity index is 1.73. The second-order valence-corrected chi connectivity index (χ2v) is 8.28. The molecule has 1 aromatic rings. The number of primary amides is 1. The van der Waals surface area contributed by atoms with E-state index in [2.05, 4.69) is 37.8 Å². The Morgan fingerprint density at radius 3 is 2.78 bits per heavy atom. The van der Waals surface area contributed by atoms with Crippen LogP contribution in [0.15, 0.2) is 18.2 Å². The molecule has 4 rings (SSSR count). The molecule has 3 heteroatoms. The maximum atomic E-state index is 11.6. The molecule has 2 aliphatic carbocycles. The number of carbonyl (C=O) groups excluding carboxylic acids is 1. The van der Waals surface area contributed by atoms with Crippen LogP contribution < -0.4 is 5.73 Å². The molecule has 0 unspecified atom stereocenters. The van der Waals surface area contributed by atoms with E-state index in [9.17, 15) is 4.79 Å². The fraction of sp³-hybridized carbons (Fsp3) is 0.650. The number of carbonyl (C=O) groups is 1. The van der Waals surface area contributed by atoms with Crippen molar-refractivity contribution in [1.82, 2.24) is 4.90 Å². The summed E-state index contributed by atoms with van der Waals surface area (Å²) in [6.45, 7) is 8.42. The highest BCUT2D eigenvalue weighted by atomic mass is 16.1. The summed E-state index contributed by atoms with van der Waals surface area (Å²) in [5.74, 6) is 1.23. The zero-order chi connectivity index (χ0) is 16.4. The Kier molecular flexibility index (Phi) is 3.35. The van der Waals surface area contributed by atoms with Crippen molar-refractivity contribution < 1.29 is 4.79 Å². The van der Waals surface area contributed by atoms with Crippen molar-refractivity contribution in [2.75, 3.05) is 6.54 Å². The predicted octanol–water partition coefficient (Wildman–Crippen LogP) is 3.11. The number of benzene rings is 1. The number of likely N-dealkylation sites (tertiary alicyclic amines) is 1. The molecule has 1 saturated carbocycles. The normalized spacial score (nSPS) is 34.7. The molecule has 124 valence electrons. The summed E-state index contributed by atoms with van der Waals surface area (Å²) < 4.78 is 0. The molecule has 0 radical (unpaired) electrons. The Labute approximate surface area is 139 Å². The highest BCUT2D eigenvalue weighted by Crippen LogP contribution is 2.50. The number of piperidine rings is 1. The summed E-state index contributed by atoms with van der Waals surface area (Å²) in [6.07, 6.45) is 5.11.